The maximum absolute atomic E-state index is 14.1. The van der Waals surface area contributed by atoms with E-state index in [4.69, 9.17) is 25.8 Å². The minimum absolute atomic E-state index is 0.205. The maximum Gasteiger partial charge on any atom is 0.338 e. The molecule has 0 N–H and O–H groups in total. The molecule has 43 heavy (non-hydrogen) atoms. The summed E-state index contributed by atoms with van der Waals surface area (Å²) in [5.74, 6) is 0.847. The van der Waals surface area contributed by atoms with Crippen molar-refractivity contribution in [3.63, 3.8) is 0 Å². The summed E-state index contributed by atoms with van der Waals surface area (Å²) < 4.78 is 21.0. The second-order valence-corrected chi connectivity index (χ2v) is 13.0. The fourth-order valence-corrected chi connectivity index (χ4v) is 7.61. The van der Waals surface area contributed by atoms with Crippen molar-refractivity contribution in [2.24, 2.45) is 4.99 Å². The molecule has 0 fully saturated rings. The van der Waals surface area contributed by atoms with Crippen molar-refractivity contribution in [1.29, 1.82) is 0 Å². The average molecular weight is 794 g/mol. The molecule has 0 saturated heterocycles. The van der Waals surface area contributed by atoms with Crippen LogP contribution in [0.5, 0.6) is 11.5 Å². The molecule has 0 radical (unpaired) electrons. The Morgan fingerprint density at radius 3 is 2.49 bits per heavy atom. The first-order valence-corrected chi connectivity index (χ1v) is 16.6. The number of aromatic nitrogens is 1. The van der Waals surface area contributed by atoms with E-state index in [0.717, 1.165) is 24.7 Å². The first-order chi connectivity index (χ1) is 20.7. The Balaban J connectivity index is 1.63. The van der Waals surface area contributed by atoms with Crippen molar-refractivity contribution < 1.29 is 19.0 Å². The van der Waals surface area contributed by atoms with E-state index >= 15 is 0 Å². The highest BCUT2D eigenvalue weighted by Crippen LogP contribution is 2.33. The predicted molar refractivity (Wildman–Crippen MR) is 181 cm³/mol. The Kier molecular flexibility index (Phi) is 10.1. The molecule has 0 amide bonds. The van der Waals surface area contributed by atoms with Crippen LogP contribution in [0.25, 0.3) is 6.08 Å². The van der Waals surface area contributed by atoms with E-state index in [1.165, 1.54) is 11.3 Å². The number of fused-ring (bicyclic) bond motifs is 1. The van der Waals surface area contributed by atoms with Crippen molar-refractivity contribution in [2.45, 2.75) is 33.4 Å². The molecule has 0 unspecified atom stereocenters. The normalized spacial score (nSPS) is 14.7. The molecule has 1 aliphatic rings. The number of nitrogens with zero attached hydrogens (tertiary/aromatic N) is 2. The van der Waals surface area contributed by atoms with Gasteiger partial charge in [0, 0.05) is 15.1 Å². The zero-order valence-electron chi connectivity index (χ0n) is 23.5. The van der Waals surface area contributed by atoms with E-state index in [0.29, 0.717) is 50.3 Å². The van der Waals surface area contributed by atoms with E-state index in [-0.39, 0.29) is 12.2 Å². The highest BCUT2D eigenvalue weighted by atomic mass is 127. The second kappa shape index (κ2) is 13.8. The Labute approximate surface area is 279 Å². The third-order valence-electron chi connectivity index (χ3n) is 6.64. The van der Waals surface area contributed by atoms with Crippen molar-refractivity contribution in [2.75, 3.05) is 13.2 Å². The lowest BCUT2D eigenvalue weighted by Gasteiger charge is -2.24. The van der Waals surface area contributed by atoms with Crippen LogP contribution in [0.3, 0.4) is 0 Å². The SMILES string of the molecule is CCOC(=O)C1=C(C)N=c2s/c(=C\c3cc(Br)cc(I)c3OCc3ccc(Cl)cc3)c(=O)n2[C@@H]1c1ccc(OCC)cc1. The van der Waals surface area contributed by atoms with Gasteiger partial charge in [0.05, 0.1) is 38.6 Å². The van der Waals surface area contributed by atoms with Gasteiger partial charge in [-0.15, -0.1) is 0 Å². The van der Waals surface area contributed by atoms with E-state index in [2.05, 4.69) is 43.5 Å². The second-order valence-electron chi connectivity index (χ2n) is 9.53. The standard InChI is InChI=1S/C32H27BrClIN2O5S/c1-4-40-24-12-8-20(9-13-24)28-27(31(39)41-5-2)18(3)36-32-37(28)30(38)26(43-32)15-21-14-22(33)16-25(35)29(21)42-17-19-6-10-23(34)11-7-19/h6-16,28H,4-5,17H2,1-3H3/b26-15-/t28-/m1/s1. The van der Waals surface area contributed by atoms with Crippen LogP contribution >= 0.6 is 61.5 Å². The lowest BCUT2D eigenvalue weighted by molar-refractivity contribution is -0.139. The Hall–Kier alpha value is -2.93. The van der Waals surface area contributed by atoms with Gasteiger partial charge in [0.15, 0.2) is 4.80 Å². The molecule has 0 aliphatic carbocycles. The van der Waals surface area contributed by atoms with Gasteiger partial charge in [0.1, 0.15) is 18.1 Å². The van der Waals surface area contributed by atoms with E-state index in [1.807, 2.05) is 73.7 Å². The average Bonchev–Trinajstić information content (AvgIpc) is 3.27. The number of hydrogen-bond acceptors (Lipinski definition) is 7. The van der Waals surface area contributed by atoms with Crippen molar-refractivity contribution >= 4 is 73.5 Å². The number of hydrogen-bond donors (Lipinski definition) is 0. The van der Waals surface area contributed by atoms with Gasteiger partial charge in [-0.3, -0.25) is 9.36 Å². The Morgan fingerprint density at radius 2 is 1.81 bits per heavy atom. The summed E-state index contributed by atoms with van der Waals surface area (Å²) in [4.78, 5) is 32.5. The Morgan fingerprint density at radius 1 is 1.09 bits per heavy atom. The molecule has 2 heterocycles. The number of rotatable bonds is 9. The molecule has 1 aliphatic heterocycles. The molecule has 222 valence electrons. The summed E-state index contributed by atoms with van der Waals surface area (Å²) in [5.41, 5.74) is 3.01. The summed E-state index contributed by atoms with van der Waals surface area (Å²) in [6.07, 6.45) is 1.81. The number of thiazole rings is 1. The van der Waals surface area contributed by atoms with Gasteiger partial charge < -0.3 is 14.2 Å². The number of halogens is 3. The van der Waals surface area contributed by atoms with Gasteiger partial charge >= 0.3 is 5.97 Å². The van der Waals surface area contributed by atoms with E-state index in [1.54, 1.807) is 18.4 Å². The lowest BCUT2D eigenvalue weighted by atomic mass is 9.96. The lowest BCUT2D eigenvalue weighted by Crippen LogP contribution is -2.39. The van der Waals surface area contributed by atoms with Gasteiger partial charge in [-0.2, -0.15) is 0 Å². The zero-order valence-corrected chi connectivity index (χ0v) is 28.8. The summed E-state index contributed by atoms with van der Waals surface area (Å²) in [6.45, 7) is 6.50. The van der Waals surface area contributed by atoms with Crippen LogP contribution in [-0.4, -0.2) is 23.8 Å². The molecular weight excluding hydrogens is 767 g/mol. The van der Waals surface area contributed by atoms with E-state index in [9.17, 15) is 9.59 Å². The first kappa shape index (κ1) is 31.5. The largest absolute Gasteiger partial charge is 0.494 e. The predicted octanol–water partition coefficient (Wildman–Crippen LogP) is 6.80. The molecular formula is C32H27BrClIN2O5S. The van der Waals surface area contributed by atoms with Crippen molar-refractivity contribution in [1.82, 2.24) is 4.57 Å². The number of carbonyl (C=O) groups excluding carboxylic acids is 1. The van der Waals surface area contributed by atoms with Crippen LogP contribution in [0.4, 0.5) is 0 Å². The quantitative estimate of drug-likeness (QED) is 0.138. The van der Waals surface area contributed by atoms with Gasteiger partial charge in [-0.1, -0.05) is 63.1 Å². The molecule has 1 aromatic heterocycles. The third kappa shape index (κ3) is 6.92. The van der Waals surface area contributed by atoms with Gasteiger partial charge in [0.25, 0.3) is 5.56 Å². The van der Waals surface area contributed by atoms with Crippen LogP contribution in [-0.2, 0) is 16.1 Å². The summed E-state index contributed by atoms with van der Waals surface area (Å²) in [6, 6.07) is 18.0. The number of carbonyl (C=O) groups is 1. The van der Waals surface area contributed by atoms with Gasteiger partial charge in [-0.05, 0) is 97.0 Å². The topological polar surface area (TPSA) is 79.1 Å². The molecule has 5 rings (SSSR count). The number of esters is 1. The molecule has 1 atom stereocenters. The molecule has 4 aromatic rings. The van der Waals surface area contributed by atoms with Crippen LogP contribution in [0.1, 0.15) is 43.5 Å². The van der Waals surface area contributed by atoms with Crippen molar-refractivity contribution in [3.05, 3.63) is 121 Å². The number of ether oxygens (including phenoxy) is 3. The van der Waals surface area contributed by atoms with Gasteiger partial charge in [-0.25, -0.2) is 9.79 Å². The third-order valence-corrected chi connectivity index (χ3v) is 9.14. The van der Waals surface area contributed by atoms with Gasteiger partial charge in [0.2, 0.25) is 0 Å². The van der Waals surface area contributed by atoms with Crippen LogP contribution in [0.15, 0.2) is 86.2 Å². The first-order valence-electron chi connectivity index (χ1n) is 13.5. The zero-order chi connectivity index (χ0) is 30.7. The monoisotopic (exact) mass is 792 g/mol. The minimum atomic E-state index is -0.712. The fourth-order valence-electron chi connectivity index (χ4n) is 4.74. The van der Waals surface area contributed by atoms with E-state index < -0.39 is 12.0 Å². The molecule has 0 saturated carbocycles. The molecule has 3 aromatic carbocycles. The van der Waals surface area contributed by atoms with Crippen LogP contribution < -0.4 is 24.4 Å². The maximum atomic E-state index is 14.1. The molecule has 11 heteroatoms. The highest BCUT2D eigenvalue weighted by Gasteiger charge is 2.33. The summed E-state index contributed by atoms with van der Waals surface area (Å²) in [7, 11) is 0. The van der Waals surface area contributed by atoms with Crippen molar-refractivity contribution in [3.8, 4) is 11.5 Å². The summed E-state index contributed by atoms with van der Waals surface area (Å²) >= 11 is 13.1. The van der Waals surface area contributed by atoms with Crippen LogP contribution in [0, 0.1) is 3.57 Å². The summed E-state index contributed by atoms with van der Waals surface area (Å²) in [5, 5.41) is 0.655. The highest BCUT2D eigenvalue weighted by molar-refractivity contribution is 14.1. The Bertz CT molecular complexity index is 1880. The van der Waals surface area contributed by atoms with Crippen LogP contribution in [0.2, 0.25) is 5.02 Å². The molecule has 0 bridgehead atoms. The minimum Gasteiger partial charge on any atom is -0.494 e. The number of benzene rings is 3. The number of allylic oxidation sites excluding steroid dienone is 1. The smallest absolute Gasteiger partial charge is 0.338 e. The molecule has 0 spiro atoms. The fraction of sp³-hybridized carbons (Fsp3) is 0.219. The molecule has 7 nitrogen and oxygen atoms in total.